The lowest BCUT2D eigenvalue weighted by Crippen LogP contribution is -2.40. The van der Waals surface area contributed by atoms with E-state index in [1.54, 1.807) is 18.2 Å². The predicted octanol–water partition coefficient (Wildman–Crippen LogP) is 2.84. The highest BCUT2D eigenvalue weighted by atomic mass is 32.1. The van der Waals surface area contributed by atoms with E-state index in [0.717, 1.165) is 30.6 Å². The van der Waals surface area contributed by atoms with Crippen molar-refractivity contribution in [2.45, 2.75) is 25.8 Å². The third-order valence-corrected chi connectivity index (χ3v) is 4.63. The summed E-state index contributed by atoms with van der Waals surface area (Å²) < 4.78 is 0. The fraction of sp³-hybridized carbons (Fsp3) is 0.375. The normalized spacial score (nSPS) is 21.5. The molecule has 5 nitrogen and oxygen atoms in total. The number of benzene rings is 1. The molecule has 0 spiro atoms. The molecular formula is C16H19N3O2S. The summed E-state index contributed by atoms with van der Waals surface area (Å²) in [6, 6.07) is 7.32. The average molecular weight is 317 g/mol. The standard InChI is InChI=1S/C16H19N3O2S/c1-10-7-12(5-6-17-10)15(21)19-16-18-14(9-22-16)11-3-2-4-13(20)8-11/h2-4,8-10,12,17,20H,5-7H2,1H3,(H,18,19,21)/t10-,12-/m0/s1. The Morgan fingerprint density at radius 2 is 2.36 bits per heavy atom. The molecule has 3 N–H and O–H groups in total. The lowest BCUT2D eigenvalue weighted by atomic mass is 9.92. The van der Waals surface area contributed by atoms with Crippen molar-refractivity contribution in [2.24, 2.45) is 5.92 Å². The molecule has 22 heavy (non-hydrogen) atoms. The van der Waals surface area contributed by atoms with Crippen molar-refractivity contribution < 1.29 is 9.90 Å². The molecule has 2 atom stereocenters. The number of aromatic nitrogens is 1. The van der Waals surface area contributed by atoms with E-state index >= 15 is 0 Å². The minimum Gasteiger partial charge on any atom is -0.508 e. The zero-order valence-electron chi connectivity index (χ0n) is 12.4. The maximum atomic E-state index is 12.3. The number of thiazole rings is 1. The van der Waals surface area contributed by atoms with Crippen LogP contribution in [-0.4, -0.2) is 28.6 Å². The third kappa shape index (κ3) is 3.45. The summed E-state index contributed by atoms with van der Waals surface area (Å²) in [5.41, 5.74) is 1.60. The molecule has 0 aliphatic carbocycles. The van der Waals surface area contributed by atoms with Crippen molar-refractivity contribution in [1.29, 1.82) is 0 Å². The van der Waals surface area contributed by atoms with Crippen molar-refractivity contribution in [3.63, 3.8) is 0 Å². The van der Waals surface area contributed by atoms with Crippen molar-refractivity contribution in [2.75, 3.05) is 11.9 Å². The van der Waals surface area contributed by atoms with Gasteiger partial charge in [-0.05, 0) is 38.4 Å². The van der Waals surface area contributed by atoms with Crippen LogP contribution in [0.2, 0.25) is 0 Å². The zero-order chi connectivity index (χ0) is 15.5. The Balaban J connectivity index is 1.68. The van der Waals surface area contributed by atoms with Crippen molar-refractivity contribution >= 4 is 22.4 Å². The van der Waals surface area contributed by atoms with Crippen molar-refractivity contribution in [3.8, 4) is 17.0 Å². The van der Waals surface area contributed by atoms with E-state index in [4.69, 9.17) is 0 Å². The molecule has 0 radical (unpaired) electrons. The van der Waals surface area contributed by atoms with Gasteiger partial charge in [-0.25, -0.2) is 4.98 Å². The second-order valence-electron chi connectivity index (χ2n) is 5.65. The van der Waals surface area contributed by atoms with E-state index in [9.17, 15) is 9.90 Å². The molecule has 0 unspecified atom stereocenters. The van der Waals surface area contributed by atoms with E-state index in [0.29, 0.717) is 11.2 Å². The van der Waals surface area contributed by atoms with E-state index < -0.39 is 0 Å². The predicted molar refractivity (Wildman–Crippen MR) is 88.0 cm³/mol. The highest BCUT2D eigenvalue weighted by Crippen LogP contribution is 2.28. The zero-order valence-corrected chi connectivity index (χ0v) is 13.2. The lowest BCUT2D eigenvalue weighted by Gasteiger charge is -2.26. The first-order chi connectivity index (χ1) is 10.6. The van der Waals surface area contributed by atoms with Crippen LogP contribution in [0.15, 0.2) is 29.6 Å². The van der Waals surface area contributed by atoms with Crippen LogP contribution in [0.4, 0.5) is 5.13 Å². The number of anilines is 1. The van der Waals surface area contributed by atoms with E-state index in [1.165, 1.54) is 11.3 Å². The fourth-order valence-corrected chi connectivity index (χ4v) is 3.43. The summed E-state index contributed by atoms with van der Waals surface area (Å²) in [4.78, 5) is 16.7. The van der Waals surface area contributed by atoms with Gasteiger partial charge in [-0.1, -0.05) is 12.1 Å². The third-order valence-electron chi connectivity index (χ3n) is 3.87. The van der Waals surface area contributed by atoms with Crippen LogP contribution in [0.25, 0.3) is 11.3 Å². The average Bonchev–Trinajstić information content (AvgIpc) is 2.96. The first kappa shape index (κ1) is 15.0. The molecule has 1 aromatic heterocycles. The van der Waals surface area contributed by atoms with Crippen LogP contribution >= 0.6 is 11.3 Å². The van der Waals surface area contributed by atoms with Gasteiger partial charge in [-0.2, -0.15) is 0 Å². The van der Waals surface area contributed by atoms with Gasteiger partial charge in [0.15, 0.2) is 5.13 Å². The van der Waals surface area contributed by atoms with Gasteiger partial charge in [0.2, 0.25) is 5.91 Å². The Hall–Kier alpha value is -1.92. The second kappa shape index (κ2) is 6.46. The van der Waals surface area contributed by atoms with Crippen LogP contribution in [-0.2, 0) is 4.79 Å². The summed E-state index contributed by atoms with van der Waals surface area (Å²) in [5.74, 6) is 0.300. The molecule has 0 bridgehead atoms. The van der Waals surface area contributed by atoms with Crippen LogP contribution in [0.5, 0.6) is 5.75 Å². The van der Waals surface area contributed by atoms with Gasteiger partial charge in [-0.15, -0.1) is 11.3 Å². The number of rotatable bonds is 3. The number of carbonyl (C=O) groups is 1. The largest absolute Gasteiger partial charge is 0.508 e. The number of amides is 1. The molecule has 1 amide bonds. The molecular weight excluding hydrogens is 298 g/mol. The number of phenols is 1. The van der Waals surface area contributed by atoms with Crippen LogP contribution in [0.3, 0.4) is 0 Å². The van der Waals surface area contributed by atoms with Gasteiger partial charge in [0.1, 0.15) is 5.75 Å². The summed E-state index contributed by atoms with van der Waals surface area (Å²) in [5, 5.41) is 18.3. The fourth-order valence-electron chi connectivity index (χ4n) is 2.71. The van der Waals surface area contributed by atoms with E-state index in [2.05, 4.69) is 22.5 Å². The smallest absolute Gasteiger partial charge is 0.229 e. The molecule has 116 valence electrons. The summed E-state index contributed by atoms with van der Waals surface area (Å²) in [6.45, 7) is 2.98. The Labute approximate surface area is 133 Å². The van der Waals surface area contributed by atoms with Crippen LogP contribution < -0.4 is 10.6 Å². The highest BCUT2D eigenvalue weighted by molar-refractivity contribution is 7.14. The Kier molecular flexibility index (Phi) is 4.40. The number of hydrogen-bond donors (Lipinski definition) is 3. The monoisotopic (exact) mass is 317 g/mol. The topological polar surface area (TPSA) is 74.2 Å². The van der Waals surface area contributed by atoms with Crippen molar-refractivity contribution in [3.05, 3.63) is 29.6 Å². The molecule has 2 aromatic rings. The second-order valence-corrected chi connectivity index (χ2v) is 6.51. The maximum Gasteiger partial charge on any atom is 0.229 e. The number of piperidine rings is 1. The molecule has 0 saturated carbocycles. The van der Waals surface area contributed by atoms with Gasteiger partial charge in [0, 0.05) is 22.9 Å². The molecule has 1 aliphatic rings. The van der Waals surface area contributed by atoms with Crippen LogP contribution in [0.1, 0.15) is 19.8 Å². The summed E-state index contributed by atoms with van der Waals surface area (Å²) in [6.07, 6.45) is 1.72. The number of carbonyl (C=O) groups excluding carboxylic acids is 1. The number of nitrogens with zero attached hydrogens (tertiary/aromatic N) is 1. The quantitative estimate of drug-likeness (QED) is 0.814. The van der Waals surface area contributed by atoms with Crippen LogP contribution in [0, 0.1) is 5.92 Å². The highest BCUT2D eigenvalue weighted by Gasteiger charge is 2.25. The molecule has 2 heterocycles. The molecule has 1 aliphatic heterocycles. The number of nitrogens with one attached hydrogen (secondary N) is 2. The maximum absolute atomic E-state index is 12.3. The Morgan fingerprint density at radius 3 is 3.14 bits per heavy atom. The van der Waals surface area contributed by atoms with E-state index in [1.807, 2.05) is 11.4 Å². The van der Waals surface area contributed by atoms with Gasteiger partial charge >= 0.3 is 0 Å². The minimum absolute atomic E-state index is 0.0457. The SMILES string of the molecule is C[C@H]1C[C@@H](C(=O)Nc2nc(-c3cccc(O)c3)cs2)CCN1. The lowest BCUT2D eigenvalue weighted by molar-refractivity contribution is -0.120. The first-order valence-electron chi connectivity index (χ1n) is 7.41. The molecule has 3 rings (SSSR count). The van der Waals surface area contributed by atoms with Gasteiger partial charge < -0.3 is 15.7 Å². The first-order valence-corrected chi connectivity index (χ1v) is 8.29. The number of aromatic hydroxyl groups is 1. The number of phenolic OH excluding ortho intramolecular Hbond substituents is 1. The molecule has 6 heteroatoms. The van der Waals surface area contributed by atoms with E-state index in [-0.39, 0.29) is 17.6 Å². The summed E-state index contributed by atoms with van der Waals surface area (Å²) in [7, 11) is 0. The van der Waals surface area contributed by atoms with Gasteiger partial charge in [0.25, 0.3) is 0 Å². The molecule has 1 fully saturated rings. The van der Waals surface area contributed by atoms with Gasteiger partial charge in [0.05, 0.1) is 5.69 Å². The Morgan fingerprint density at radius 1 is 1.50 bits per heavy atom. The minimum atomic E-state index is 0.0457. The molecule has 1 aromatic carbocycles. The number of hydrogen-bond acceptors (Lipinski definition) is 5. The summed E-state index contributed by atoms with van der Waals surface area (Å²) >= 11 is 1.40. The van der Waals surface area contributed by atoms with Crippen molar-refractivity contribution in [1.82, 2.24) is 10.3 Å². The Bertz CT molecular complexity index is 671. The van der Waals surface area contributed by atoms with Gasteiger partial charge in [-0.3, -0.25) is 4.79 Å². The molecule has 1 saturated heterocycles.